The zero-order chi connectivity index (χ0) is 14.4. The van der Waals surface area contributed by atoms with Crippen LogP contribution in [0.5, 0.6) is 0 Å². The van der Waals surface area contributed by atoms with Gasteiger partial charge >= 0.3 is 0 Å². The number of nitro groups is 1. The number of nitrogens with two attached hydrogens (primary N) is 1. The molecule has 2 aliphatic rings. The molecule has 1 fully saturated rings. The fraction of sp³-hybridized carbons (Fsp3) is 0.462. The lowest BCUT2D eigenvalue weighted by Crippen LogP contribution is -2.40. The number of rotatable bonds is 2. The average molecular weight is 279 g/mol. The van der Waals surface area contributed by atoms with Crippen LogP contribution in [-0.4, -0.2) is 35.5 Å². The zero-order valence-corrected chi connectivity index (χ0v) is 10.7. The largest absolute Gasteiger partial charge is 0.393 e. The number of nitrogens with zero attached hydrogens (tertiary/aromatic N) is 2. The number of alkyl halides is 1. The van der Waals surface area contributed by atoms with E-state index in [1.54, 1.807) is 6.07 Å². The maximum atomic E-state index is 12.5. The number of fused-ring (bicyclic) bond motifs is 5. The van der Waals surface area contributed by atoms with Crippen molar-refractivity contribution in [3.63, 3.8) is 0 Å². The van der Waals surface area contributed by atoms with Crippen molar-refractivity contribution in [2.24, 2.45) is 0 Å². The summed E-state index contributed by atoms with van der Waals surface area (Å²) < 4.78 is 12.5. The molecule has 2 unspecified atom stereocenters. The number of benzene rings is 1. The van der Waals surface area contributed by atoms with Crippen molar-refractivity contribution in [2.45, 2.75) is 18.3 Å². The highest BCUT2D eigenvalue weighted by atomic mass is 19.1. The molecule has 1 aliphatic heterocycles. The van der Waals surface area contributed by atoms with Gasteiger partial charge in [0.15, 0.2) is 6.67 Å². The van der Waals surface area contributed by atoms with E-state index in [1.165, 1.54) is 11.0 Å². The second-order valence-electron chi connectivity index (χ2n) is 5.36. The summed E-state index contributed by atoms with van der Waals surface area (Å²) >= 11 is 0. The molecular weight excluding hydrogens is 265 g/mol. The van der Waals surface area contributed by atoms with Crippen LogP contribution in [0.25, 0.3) is 0 Å². The quantitative estimate of drug-likeness (QED) is 0.505. The number of hydrogen-bond donors (Lipinski definition) is 1. The normalized spacial score (nSPS) is 23.6. The predicted octanol–water partition coefficient (Wildman–Crippen LogP) is 1.56. The van der Waals surface area contributed by atoms with Gasteiger partial charge in [0, 0.05) is 31.0 Å². The summed E-state index contributed by atoms with van der Waals surface area (Å²) in [6, 6.07) is 3.15. The van der Waals surface area contributed by atoms with E-state index in [2.05, 4.69) is 0 Å². The standard InChI is InChI=1S/C13H14FN3O3/c14-4-13(18)16-5-7-1-8(6-16)10-3-12(17(19)20)11(15)2-9(7)10/h2-3,7-8H,1,4-6,15H2. The number of anilines is 1. The van der Waals surface area contributed by atoms with Gasteiger partial charge in [0.1, 0.15) is 5.69 Å². The van der Waals surface area contributed by atoms with Crippen molar-refractivity contribution in [3.8, 4) is 0 Å². The van der Waals surface area contributed by atoms with Gasteiger partial charge in [-0.05, 0) is 23.6 Å². The van der Waals surface area contributed by atoms with Crippen LogP contribution < -0.4 is 5.73 Å². The summed E-state index contributed by atoms with van der Waals surface area (Å²) in [6.07, 6.45) is 0.839. The Bertz CT molecular complexity index is 605. The summed E-state index contributed by atoms with van der Waals surface area (Å²) in [5.41, 5.74) is 7.61. The lowest BCUT2D eigenvalue weighted by atomic mass is 9.96. The van der Waals surface area contributed by atoms with Gasteiger partial charge in [-0.2, -0.15) is 0 Å². The van der Waals surface area contributed by atoms with E-state index in [-0.39, 0.29) is 23.2 Å². The fourth-order valence-corrected chi connectivity index (χ4v) is 3.34. The first kappa shape index (κ1) is 12.8. The number of hydrogen-bond acceptors (Lipinski definition) is 4. The number of amides is 1. The number of nitrogen functional groups attached to an aromatic ring is 1. The molecule has 6 nitrogen and oxygen atoms in total. The van der Waals surface area contributed by atoms with Crippen molar-refractivity contribution in [1.82, 2.24) is 4.90 Å². The molecule has 0 saturated carbocycles. The predicted molar refractivity (Wildman–Crippen MR) is 70.2 cm³/mol. The summed E-state index contributed by atoms with van der Waals surface area (Å²) in [5.74, 6) is -0.379. The first-order valence-corrected chi connectivity index (χ1v) is 6.42. The van der Waals surface area contributed by atoms with Crippen LogP contribution >= 0.6 is 0 Å². The van der Waals surface area contributed by atoms with E-state index in [0.717, 1.165) is 17.5 Å². The van der Waals surface area contributed by atoms with Crippen LogP contribution in [0.15, 0.2) is 12.1 Å². The Labute approximate surface area is 114 Å². The monoisotopic (exact) mass is 279 g/mol. The number of piperidine rings is 1. The van der Waals surface area contributed by atoms with Gasteiger partial charge in [-0.25, -0.2) is 4.39 Å². The van der Waals surface area contributed by atoms with Gasteiger partial charge in [-0.3, -0.25) is 14.9 Å². The Morgan fingerprint density at radius 2 is 2.00 bits per heavy atom. The molecule has 1 amide bonds. The van der Waals surface area contributed by atoms with Gasteiger partial charge in [0.25, 0.3) is 11.6 Å². The van der Waals surface area contributed by atoms with Gasteiger partial charge in [-0.15, -0.1) is 0 Å². The first-order chi connectivity index (χ1) is 9.51. The van der Waals surface area contributed by atoms with Crippen LogP contribution in [0.3, 0.4) is 0 Å². The van der Waals surface area contributed by atoms with Crippen LogP contribution in [0.2, 0.25) is 0 Å². The lowest BCUT2D eigenvalue weighted by Gasteiger charge is -2.31. The van der Waals surface area contributed by atoms with Crippen molar-refractivity contribution < 1.29 is 14.1 Å². The van der Waals surface area contributed by atoms with Crippen molar-refractivity contribution in [1.29, 1.82) is 0 Å². The van der Waals surface area contributed by atoms with Crippen LogP contribution in [-0.2, 0) is 4.79 Å². The van der Waals surface area contributed by atoms with E-state index >= 15 is 0 Å². The van der Waals surface area contributed by atoms with Gasteiger partial charge in [-0.1, -0.05) is 0 Å². The number of carbonyl (C=O) groups is 1. The Hall–Kier alpha value is -2.18. The van der Waals surface area contributed by atoms with Crippen LogP contribution in [0, 0.1) is 10.1 Å². The first-order valence-electron chi connectivity index (χ1n) is 6.42. The Kier molecular flexibility index (Phi) is 2.84. The minimum Gasteiger partial charge on any atom is -0.393 e. The summed E-state index contributed by atoms with van der Waals surface area (Å²) in [5, 5.41) is 10.9. The third-order valence-corrected chi connectivity index (χ3v) is 4.23. The SMILES string of the molecule is Nc1cc2c(cc1[N+](=O)[O-])C1CC2CN(C(=O)CF)C1. The van der Waals surface area contributed by atoms with E-state index in [1.807, 2.05) is 0 Å². The van der Waals surface area contributed by atoms with Crippen molar-refractivity contribution in [3.05, 3.63) is 33.4 Å². The zero-order valence-electron chi connectivity index (χ0n) is 10.7. The van der Waals surface area contributed by atoms with Gasteiger partial charge in [0.05, 0.1) is 4.92 Å². The third-order valence-electron chi connectivity index (χ3n) is 4.23. The second-order valence-corrected chi connectivity index (χ2v) is 5.36. The van der Waals surface area contributed by atoms with Crippen molar-refractivity contribution in [2.75, 3.05) is 25.5 Å². The molecule has 1 aliphatic carbocycles. The smallest absolute Gasteiger partial charge is 0.292 e. The van der Waals surface area contributed by atoms with E-state index in [0.29, 0.717) is 13.1 Å². The van der Waals surface area contributed by atoms with E-state index < -0.39 is 17.5 Å². The highest BCUT2D eigenvalue weighted by Gasteiger charge is 2.40. The number of likely N-dealkylation sites (tertiary alicyclic amines) is 1. The minimum absolute atomic E-state index is 0.0403. The molecule has 7 heteroatoms. The third kappa shape index (κ3) is 1.81. The number of carbonyl (C=O) groups excluding carboxylic acids is 1. The van der Waals surface area contributed by atoms with E-state index in [4.69, 9.17) is 5.73 Å². The van der Waals surface area contributed by atoms with Crippen molar-refractivity contribution >= 4 is 17.3 Å². The topological polar surface area (TPSA) is 89.5 Å². The Morgan fingerprint density at radius 3 is 2.55 bits per heavy atom. The molecule has 2 bridgehead atoms. The van der Waals surface area contributed by atoms with Gasteiger partial charge < -0.3 is 10.6 Å². The molecule has 1 heterocycles. The molecule has 0 aromatic heterocycles. The number of nitro benzene ring substituents is 1. The molecule has 1 aromatic rings. The maximum Gasteiger partial charge on any atom is 0.292 e. The maximum absolute atomic E-state index is 12.5. The lowest BCUT2D eigenvalue weighted by molar-refractivity contribution is -0.384. The fourth-order valence-electron chi connectivity index (χ4n) is 3.34. The molecule has 1 saturated heterocycles. The van der Waals surface area contributed by atoms with Crippen LogP contribution in [0.1, 0.15) is 29.4 Å². The summed E-state index contributed by atoms with van der Waals surface area (Å²) in [6.45, 7) is -0.116. The molecule has 0 spiro atoms. The molecule has 20 heavy (non-hydrogen) atoms. The molecule has 1 aromatic carbocycles. The highest BCUT2D eigenvalue weighted by Crippen LogP contribution is 2.48. The Balaban J connectivity index is 1.99. The summed E-state index contributed by atoms with van der Waals surface area (Å²) in [4.78, 5) is 23.4. The molecule has 106 valence electrons. The van der Waals surface area contributed by atoms with Gasteiger partial charge in [0.2, 0.25) is 0 Å². The van der Waals surface area contributed by atoms with E-state index in [9.17, 15) is 19.3 Å². The number of halogens is 1. The highest BCUT2D eigenvalue weighted by molar-refractivity contribution is 5.78. The Morgan fingerprint density at radius 1 is 1.40 bits per heavy atom. The molecule has 3 rings (SSSR count). The molecule has 0 radical (unpaired) electrons. The molecule has 2 atom stereocenters. The molecule has 2 N–H and O–H groups in total. The average Bonchev–Trinajstić information content (AvgIpc) is 2.67. The second kappa shape index (κ2) is 4.43. The molecular formula is C13H14FN3O3. The summed E-state index contributed by atoms with van der Waals surface area (Å²) in [7, 11) is 0. The minimum atomic E-state index is -1.00. The van der Waals surface area contributed by atoms with Crippen LogP contribution in [0.4, 0.5) is 15.8 Å².